The topological polar surface area (TPSA) is 45.3 Å². The molecule has 0 spiro atoms. The second-order valence-electron chi connectivity index (χ2n) is 6.62. The third-order valence-corrected chi connectivity index (χ3v) is 4.19. The first-order valence-electron chi connectivity index (χ1n) is 10.1. The van der Waals surface area contributed by atoms with Crippen molar-refractivity contribution in [2.24, 2.45) is 0 Å². The maximum Gasteiger partial charge on any atom is 0.243 e. The van der Waals surface area contributed by atoms with E-state index >= 15 is 0 Å². The summed E-state index contributed by atoms with van der Waals surface area (Å²) in [5.41, 5.74) is 0. The lowest BCUT2D eigenvalue weighted by atomic mass is 10.5. The van der Waals surface area contributed by atoms with E-state index in [9.17, 15) is 0 Å². The van der Waals surface area contributed by atoms with E-state index in [0.29, 0.717) is 39.6 Å². The molecule has 2 aromatic heterocycles. The number of hydrogen-bond acceptors (Lipinski definition) is 3. The fraction of sp³-hybridized carbons (Fsp3) is 0.700. The smallest absolute Gasteiger partial charge is 0.243 e. The van der Waals surface area contributed by atoms with Crippen LogP contribution in [-0.4, -0.2) is 48.8 Å². The summed E-state index contributed by atoms with van der Waals surface area (Å²) in [5.74, 6) is 0. The standard InChI is InChI=1S/C20H36N4O3/c1-3-5-21-7-9-23(19-21)11-13-25-15-17-27-18-16-26-14-12-24-10-8-22(20-24)6-4-2/h7-10,19-20H,3-6,11-18H2,1-2H3/q+2. The normalized spacial score (nSPS) is 11.3. The second kappa shape index (κ2) is 13.5. The quantitative estimate of drug-likeness (QED) is 0.327. The van der Waals surface area contributed by atoms with Gasteiger partial charge in [0.05, 0.1) is 52.7 Å². The summed E-state index contributed by atoms with van der Waals surface area (Å²) >= 11 is 0. The van der Waals surface area contributed by atoms with Gasteiger partial charge in [0.25, 0.3) is 0 Å². The SMILES string of the molecule is CCC[n+]1ccn(CCOCCOCCOCCn2cc[n+](CCC)c2)c1. The Balaban J connectivity index is 1.37. The summed E-state index contributed by atoms with van der Waals surface area (Å²) in [5, 5.41) is 0. The van der Waals surface area contributed by atoms with Gasteiger partial charge in [-0.2, -0.15) is 0 Å². The van der Waals surface area contributed by atoms with Crippen molar-refractivity contribution in [1.29, 1.82) is 0 Å². The van der Waals surface area contributed by atoms with Gasteiger partial charge in [-0.3, -0.25) is 0 Å². The molecule has 27 heavy (non-hydrogen) atoms. The fourth-order valence-electron chi connectivity index (χ4n) is 2.80. The van der Waals surface area contributed by atoms with Gasteiger partial charge < -0.3 is 14.2 Å². The zero-order chi connectivity index (χ0) is 19.2. The highest BCUT2D eigenvalue weighted by molar-refractivity contribution is 4.66. The molecule has 2 aromatic rings. The van der Waals surface area contributed by atoms with Crippen LogP contribution in [0.5, 0.6) is 0 Å². The molecule has 0 N–H and O–H groups in total. The molecule has 152 valence electrons. The average molecular weight is 381 g/mol. The predicted octanol–water partition coefficient (Wildman–Crippen LogP) is 1.43. The molecule has 0 amide bonds. The Bertz CT molecular complexity index is 560. The molecule has 7 nitrogen and oxygen atoms in total. The first kappa shape index (κ1) is 21.6. The highest BCUT2D eigenvalue weighted by Crippen LogP contribution is 1.90. The molecular weight excluding hydrogens is 344 g/mol. The van der Waals surface area contributed by atoms with Gasteiger partial charge in [0, 0.05) is 0 Å². The van der Waals surface area contributed by atoms with Gasteiger partial charge >= 0.3 is 0 Å². The minimum atomic E-state index is 0.611. The van der Waals surface area contributed by atoms with E-state index in [0.717, 1.165) is 39.0 Å². The van der Waals surface area contributed by atoms with E-state index in [2.05, 4.69) is 69.6 Å². The van der Waals surface area contributed by atoms with Crippen LogP contribution >= 0.6 is 0 Å². The monoisotopic (exact) mass is 380 g/mol. The Morgan fingerprint density at radius 1 is 0.630 bits per heavy atom. The third-order valence-electron chi connectivity index (χ3n) is 4.19. The molecule has 2 heterocycles. The molecule has 0 atom stereocenters. The fourth-order valence-corrected chi connectivity index (χ4v) is 2.80. The zero-order valence-corrected chi connectivity index (χ0v) is 17.0. The summed E-state index contributed by atoms with van der Waals surface area (Å²) in [6.07, 6.45) is 14.9. The van der Waals surface area contributed by atoms with Crippen LogP contribution in [-0.2, 0) is 40.4 Å². The summed E-state index contributed by atoms with van der Waals surface area (Å²) in [4.78, 5) is 0. The Labute approximate surface area is 163 Å². The molecule has 0 aliphatic heterocycles. The molecule has 0 aliphatic carbocycles. The lowest BCUT2D eigenvalue weighted by Gasteiger charge is -2.06. The van der Waals surface area contributed by atoms with Gasteiger partial charge in [-0.05, 0) is 12.8 Å². The molecule has 0 aliphatic rings. The molecule has 0 saturated carbocycles. The van der Waals surface area contributed by atoms with Crippen LogP contribution in [0.3, 0.4) is 0 Å². The number of imidazole rings is 2. The average Bonchev–Trinajstić information content (AvgIpc) is 3.30. The van der Waals surface area contributed by atoms with Gasteiger partial charge in [0.2, 0.25) is 12.7 Å². The lowest BCUT2D eigenvalue weighted by Crippen LogP contribution is -2.30. The van der Waals surface area contributed by atoms with E-state index in [1.54, 1.807) is 0 Å². The number of nitrogens with zero attached hydrogens (tertiary/aromatic N) is 4. The van der Waals surface area contributed by atoms with Crippen LogP contribution in [0.2, 0.25) is 0 Å². The van der Waals surface area contributed by atoms with E-state index in [1.165, 1.54) is 0 Å². The lowest BCUT2D eigenvalue weighted by molar-refractivity contribution is -0.696. The van der Waals surface area contributed by atoms with Gasteiger partial charge in [-0.25, -0.2) is 18.3 Å². The van der Waals surface area contributed by atoms with Crippen LogP contribution in [0.1, 0.15) is 26.7 Å². The number of ether oxygens (including phenoxy) is 3. The summed E-state index contributed by atoms with van der Waals surface area (Å²) < 4.78 is 25.5. The van der Waals surface area contributed by atoms with Crippen LogP contribution in [0.25, 0.3) is 0 Å². The van der Waals surface area contributed by atoms with Crippen molar-refractivity contribution in [1.82, 2.24) is 9.13 Å². The zero-order valence-electron chi connectivity index (χ0n) is 17.0. The predicted molar refractivity (Wildman–Crippen MR) is 102 cm³/mol. The van der Waals surface area contributed by atoms with E-state index in [-0.39, 0.29) is 0 Å². The first-order chi connectivity index (χ1) is 13.3. The van der Waals surface area contributed by atoms with Crippen molar-refractivity contribution in [2.45, 2.75) is 52.9 Å². The maximum atomic E-state index is 5.61. The number of aromatic nitrogens is 4. The maximum absolute atomic E-state index is 5.61. The Morgan fingerprint density at radius 3 is 1.44 bits per heavy atom. The van der Waals surface area contributed by atoms with Gasteiger partial charge in [-0.1, -0.05) is 13.8 Å². The first-order valence-corrected chi connectivity index (χ1v) is 10.1. The Kier molecular flexibility index (Phi) is 10.8. The van der Waals surface area contributed by atoms with Crippen molar-refractivity contribution < 1.29 is 23.3 Å². The number of rotatable bonds is 16. The molecule has 0 saturated heterocycles. The Morgan fingerprint density at radius 2 is 1.04 bits per heavy atom. The molecular formula is C20H36N4O3+2. The molecule has 0 radical (unpaired) electrons. The molecule has 7 heteroatoms. The summed E-state index contributed by atoms with van der Waals surface area (Å²) in [6, 6.07) is 0. The highest BCUT2D eigenvalue weighted by atomic mass is 16.5. The minimum absolute atomic E-state index is 0.611. The minimum Gasteiger partial charge on any atom is -0.377 e. The van der Waals surface area contributed by atoms with Crippen molar-refractivity contribution in [2.75, 3.05) is 39.6 Å². The van der Waals surface area contributed by atoms with Crippen LogP contribution < -0.4 is 9.13 Å². The summed E-state index contributed by atoms with van der Waals surface area (Å²) in [7, 11) is 0. The van der Waals surface area contributed by atoms with Gasteiger partial charge in [-0.15, -0.1) is 0 Å². The molecule has 0 fully saturated rings. The van der Waals surface area contributed by atoms with E-state index < -0.39 is 0 Å². The van der Waals surface area contributed by atoms with E-state index in [1.807, 2.05) is 0 Å². The summed E-state index contributed by atoms with van der Waals surface area (Å²) in [6.45, 7) is 12.1. The number of hydrogen-bond donors (Lipinski definition) is 0. The van der Waals surface area contributed by atoms with Crippen LogP contribution in [0, 0.1) is 0 Å². The molecule has 0 unspecified atom stereocenters. The van der Waals surface area contributed by atoms with Crippen LogP contribution in [0.15, 0.2) is 37.4 Å². The molecule has 0 bridgehead atoms. The number of aryl methyl sites for hydroxylation is 2. The van der Waals surface area contributed by atoms with Crippen molar-refractivity contribution >= 4 is 0 Å². The van der Waals surface area contributed by atoms with Crippen molar-refractivity contribution in [3.8, 4) is 0 Å². The van der Waals surface area contributed by atoms with Gasteiger partial charge in [0.1, 0.15) is 37.9 Å². The van der Waals surface area contributed by atoms with Crippen LogP contribution in [0.4, 0.5) is 0 Å². The third kappa shape index (κ3) is 9.17. The van der Waals surface area contributed by atoms with Crippen molar-refractivity contribution in [3.63, 3.8) is 0 Å². The highest BCUT2D eigenvalue weighted by Gasteiger charge is 2.03. The second-order valence-corrected chi connectivity index (χ2v) is 6.62. The molecule has 0 aromatic carbocycles. The van der Waals surface area contributed by atoms with Gasteiger partial charge in [0.15, 0.2) is 0 Å². The van der Waals surface area contributed by atoms with E-state index in [4.69, 9.17) is 14.2 Å². The largest absolute Gasteiger partial charge is 0.377 e. The van der Waals surface area contributed by atoms with Crippen molar-refractivity contribution in [3.05, 3.63) is 37.4 Å². The Hall–Kier alpha value is -1.70. The molecule has 2 rings (SSSR count).